The molecule has 0 aliphatic carbocycles. The number of ether oxygens (including phenoxy) is 1. The Bertz CT molecular complexity index is 418. The molecule has 0 fully saturated rings. The van der Waals surface area contributed by atoms with Crippen molar-refractivity contribution in [1.82, 2.24) is 5.32 Å². The lowest BCUT2D eigenvalue weighted by atomic mass is 10.2. The zero-order chi connectivity index (χ0) is 15.7. The number of anilines is 1. The van der Waals surface area contributed by atoms with Gasteiger partial charge in [0.1, 0.15) is 18.5 Å². The summed E-state index contributed by atoms with van der Waals surface area (Å²) in [5.41, 5.74) is 0.753. The summed E-state index contributed by atoms with van der Waals surface area (Å²) < 4.78 is 5.50. The first-order valence-corrected chi connectivity index (χ1v) is 7.45. The van der Waals surface area contributed by atoms with E-state index in [1.165, 1.54) is 0 Å². The molecule has 1 amide bonds. The molecule has 21 heavy (non-hydrogen) atoms. The molecule has 5 nitrogen and oxygen atoms in total. The summed E-state index contributed by atoms with van der Waals surface area (Å²) in [6.45, 7) is 6.76. The second-order valence-corrected chi connectivity index (χ2v) is 5.35. The molecule has 5 heteroatoms. The lowest BCUT2D eigenvalue weighted by molar-refractivity contribution is -0.116. The average molecular weight is 294 g/mol. The largest absolute Gasteiger partial charge is 0.491 e. The van der Waals surface area contributed by atoms with E-state index in [4.69, 9.17) is 4.74 Å². The second-order valence-electron chi connectivity index (χ2n) is 5.35. The predicted octanol–water partition coefficient (Wildman–Crippen LogP) is 2.16. The van der Waals surface area contributed by atoms with Crippen molar-refractivity contribution >= 4 is 11.6 Å². The maximum absolute atomic E-state index is 11.5. The van der Waals surface area contributed by atoms with Crippen LogP contribution in [0.2, 0.25) is 0 Å². The van der Waals surface area contributed by atoms with Crippen LogP contribution in [0.4, 0.5) is 5.69 Å². The van der Waals surface area contributed by atoms with E-state index in [-0.39, 0.29) is 12.5 Å². The quantitative estimate of drug-likeness (QED) is 0.653. The number of rotatable bonds is 9. The third kappa shape index (κ3) is 7.68. The highest BCUT2D eigenvalue weighted by atomic mass is 16.5. The van der Waals surface area contributed by atoms with Crippen LogP contribution in [0.3, 0.4) is 0 Å². The van der Waals surface area contributed by atoms with Gasteiger partial charge in [-0.3, -0.25) is 4.79 Å². The van der Waals surface area contributed by atoms with Crippen molar-refractivity contribution in [3.63, 3.8) is 0 Å². The van der Waals surface area contributed by atoms with Crippen molar-refractivity contribution in [2.75, 3.05) is 18.5 Å². The number of hydrogen-bond acceptors (Lipinski definition) is 4. The molecule has 0 saturated carbocycles. The number of amides is 1. The van der Waals surface area contributed by atoms with Crippen LogP contribution in [0.15, 0.2) is 24.3 Å². The zero-order valence-corrected chi connectivity index (χ0v) is 13.1. The lowest BCUT2D eigenvalue weighted by Crippen LogP contribution is -2.35. The highest BCUT2D eigenvalue weighted by molar-refractivity contribution is 5.90. The Labute approximate surface area is 126 Å². The summed E-state index contributed by atoms with van der Waals surface area (Å²) in [4.78, 5) is 11.5. The molecule has 1 aromatic carbocycles. The van der Waals surface area contributed by atoms with E-state index >= 15 is 0 Å². The monoisotopic (exact) mass is 294 g/mol. The molecule has 0 heterocycles. The topological polar surface area (TPSA) is 70.6 Å². The van der Waals surface area contributed by atoms with Crippen LogP contribution in [0, 0.1) is 0 Å². The van der Waals surface area contributed by atoms with Crippen molar-refractivity contribution in [2.45, 2.75) is 45.8 Å². The lowest BCUT2D eigenvalue weighted by Gasteiger charge is -2.15. The van der Waals surface area contributed by atoms with Crippen LogP contribution >= 0.6 is 0 Å². The van der Waals surface area contributed by atoms with Gasteiger partial charge in [-0.25, -0.2) is 0 Å². The molecule has 0 spiro atoms. The average Bonchev–Trinajstić information content (AvgIpc) is 2.44. The molecule has 118 valence electrons. The van der Waals surface area contributed by atoms with E-state index in [0.29, 0.717) is 24.8 Å². The SMILES string of the molecule is CCCC(=O)Nc1ccc(OC[C@@H](O)CNC(C)C)cc1. The van der Waals surface area contributed by atoms with Crippen LogP contribution in [-0.2, 0) is 4.79 Å². The van der Waals surface area contributed by atoms with Gasteiger partial charge in [-0.15, -0.1) is 0 Å². The summed E-state index contributed by atoms with van der Waals surface area (Å²) in [6.07, 6.45) is 0.805. The van der Waals surface area contributed by atoms with Gasteiger partial charge in [0.25, 0.3) is 0 Å². The first kappa shape index (κ1) is 17.5. The van der Waals surface area contributed by atoms with Gasteiger partial charge in [-0.05, 0) is 30.7 Å². The molecule has 1 rings (SSSR count). The number of hydrogen-bond donors (Lipinski definition) is 3. The van der Waals surface area contributed by atoms with Gasteiger partial charge in [0, 0.05) is 24.7 Å². The minimum absolute atomic E-state index is 0.0151. The Balaban J connectivity index is 2.35. The summed E-state index contributed by atoms with van der Waals surface area (Å²) in [6, 6.07) is 7.49. The highest BCUT2D eigenvalue weighted by Gasteiger charge is 2.06. The molecule has 0 aliphatic rings. The summed E-state index contributed by atoms with van der Waals surface area (Å²) in [5.74, 6) is 0.688. The van der Waals surface area contributed by atoms with Crippen LogP contribution in [-0.4, -0.2) is 36.3 Å². The van der Waals surface area contributed by atoms with Crippen LogP contribution in [0.5, 0.6) is 5.75 Å². The van der Waals surface area contributed by atoms with Gasteiger partial charge in [-0.1, -0.05) is 20.8 Å². The Morgan fingerprint density at radius 1 is 1.29 bits per heavy atom. The Kier molecular flexibility index (Phi) is 7.79. The number of nitrogens with one attached hydrogen (secondary N) is 2. The fourth-order valence-corrected chi connectivity index (χ4v) is 1.71. The normalized spacial score (nSPS) is 12.2. The summed E-state index contributed by atoms with van der Waals surface area (Å²) in [7, 11) is 0. The highest BCUT2D eigenvalue weighted by Crippen LogP contribution is 2.16. The molecular formula is C16H26N2O3. The van der Waals surface area contributed by atoms with E-state index in [0.717, 1.165) is 12.1 Å². The smallest absolute Gasteiger partial charge is 0.224 e. The summed E-state index contributed by atoms with van der Waals surface area (Å²) in [5, 5.41) is 15.7. The molecular weight excluding hydrogens is 268 g/mol. The van der Waals surface area contributed by atoms with Crippen molar-refractivity contribution in [2.24, 2.45) is 0 Å². The number of carbonyl (C=O) groups excluding carboxylic acids is 1. The van der Waals surface area contributed by atoms with E-state index < -0.39 is 6.10 Å². The van der Waals surface area contributed by atoms with Gasteiger partial charge in [0.05, 0.1) is 0 Å². The minimum atomic E-state index is -0.545. The van der Waals surface area contributed by atoms with Crippen molar-refractivity contribution in [3.8, 4) is 5.75 Å². The first-order valence-electron chi connectivity index (χ1n) is 7.45. The fourth-order valence-electron chi connectivity index (χ4n) is 1.71. The van der Waals surface area contributed by atoms with Gasteiger partial charge in [0.15, 0.2) is 0 Å². The van der Waals surface area contributed by atoms with E-state index in [2.05, 4.69) is 10.6 Å². The number of aliphatic hydroxyl groups is 1. The predicted molar refractivity (Wildman–Crippen MR) is 84.6 cm³/mol. The molecule has 0 unspecified atom stereocenters. The Morgan fingerprint density at radius 2 is 1.95 bits per heavy atom. The van der Waals surface area contributed by atoms with Crippen molar-refractivity contribution < 1.29 is 14.6 Å². The van der Waals surface area contributed by atoms with E-state index in [1.807, 2.05) is 20.8 Å². The third-order valence-electron chi connectivity index (χ3n) is 2.82. The molecule has 0 bridgehead atoms. The Hall–Kier alpha value is -1.59. The second kappa shape index (κ2) is 9.37. The summed E-state index contributed by atoms with van der Waals surface area (Å²) >= 11 is 0. The molecule has 1 atom stereocenters. The number of benzene rings is 1. The molecule has 0 aliphatic heterocycles. The number of aliphatic hydroxyl groups excluding tert-OH is 1. The van der Waals surface area contributed by atoms with E-state index in [9.17, 15) is 9.90 Å². The zero-order valence-electron chi connectivity index (χ0n) is 13.1. The van der Waals surface area contributed by atoms with Crippen LogP contribution < -0.4 is 15.4 Å². The van der Waals surface area contributed by atoms with Gasteiger partial charge < -0.3 is 20.5 Å². The van der Waals surface area contributed by atoms with Crippen LogP contribution in [0.1, 0.15) is 33.6 Å². The van der Waals surface area contributed by atoms with Crippen molar-refractivity contribution in [1.29, 1.82) is 0 Å². The number of carbonyl (C=O) groups is 1. The molecule has 0 saturated heterocycles. The maximum Gasteiger partial charge on any atom is 0.224 e. The van der Waals surface area contributed by atoms with Crippen molar-refractivity contribution in [3.05, 3.63) is 24.3 Å². The molecule has 0 aromatic heterocycles. The molecule has 3 N–H and O–H groups in total. The minimum Gasteiger partial charge on any atom is -0.491 e. The molecule has 0 radical (unpaired) electrons. The van der Waals surface area contributed by atoms with Crippen LogP contribution in [0.25, 0.3) is 0 Å². The first-order chi connectivity index (χ1) is 10.0. The van der Waals surface area contributed by atoms with Gasteiger partial charge in [-0.2, -0.15) is 0 Å². The van der Waals surface area contributed by atoms with E-state index in [1.54, 1.807) is 24.3 Å². The fraction of sp³-hybridized carbons (Fsp3) is 0.562. The molecule has 1 aromatic rings. The Morgan fingerprint density at radius 3 is 2.52 bits per heavy atom. The third-order valence-corrected chi connectivity index (χ3v) is 2.82. The maximum atomic E-state index is 11.5. The standard InChI is InChI=1S/C16H26N2O3/c1-4-5-16(20)18-13-6-8-15(9-7-13)21-11-14(19)10-17-12(2)3/h6-9,12,14,17,19H,4-5,10-11H2,1-3H3,(H,18,20)/t14-/m0/s1. The van der Waals surface area contributed by atoms with Gasteiger partial charge in [0.2, 0.25) is 5.91 Å². The van der Waals surface area contributed by atoms with Gasteiger partial charge >= 0.3 is 0 Å².